The van der Waals surface area contributed by atoms with Crippen LogP contribution in [0.3, 0.4) is 0 Å². The van der Waals surface area contributed by atoms with Crippen LogP contribution in [0.25, 0.3) is 10.6 Å². The average molecular weight is 389 g/mol. The summed E-state index contributed by atoms with van der Waals surface area (Å²) in [5, 5.41) is 7.21. The van der Waals surface area contributed by atoms with Gasteiger partial charge in [0.2, 0.25) is 0 Å². The molecule has 2 rings (SSSR count). The summed E-state index contributed by atoms with van der Waals surface area (Å²) < 4.78 is 4.89. The summed E-state index contributed by atoms with van der Waals surface area (Å²) in [6.07, 6.45) is 0.941. The van der Waals surface area contributed by atoms with Gasteiger partial charge in [0.1, 0.15) is 5.01 Å². The zero-order valence-electron chi connectivity index (χ0n) is 15.6. The number of esters is 1. The second kappa shape index (κ2) is 9.82. The first kappa shape index (κ1) is 20.6. The molecule has 0 aliphatic carbocycles. The van der Waals surface area contributed by atoms with Crippen LogP contribution in [0, 0.1) is 0 Å². The maximum atomic E-state index is 11.9. The van der Waals surface area contributed by atoms with E-state index in [0.717, 1.165) is 17.0 Å². The molecule has 0 aliphatic rings. The predicted octanol–water partition coefficient (Wildman–Crippen LogP) is 2.69. The summed E-state index contributed by atoms with van der Waals surface area (Å²) in [4.78, 5) is 39.3. The molecule has 0 saturated carbocycles. The van der Waals surface area contributed by atoms with Crippen LogP contribution in [-0.4, -0.2) is 35.5 Å². The maximum absolute atomic E-state index is 11.9. The molecule has 27 heavy (non-hydrogen) atoms. The number of amides is 3. The number of carbonyl (C=O) groups excluding carboxylic acids is 3. The van der Waals surface area contributed by atoms with Crippen molar-refractivity contribution in [1.29, 1.82) is 0 Å². The zero-order chi connectivity index (χ0) is 19.8. The summed E-state index contributed by atoms with van der Waals surface area (Å²) in [5.41, 5.74) is 2.82. The molecule has 0 fully saturated rings. The van der Waals surface area contributed by atoms with Crippen molar-refractivity contribution in [1.82, 2.24) is 15.6 Å². The Hall–Kier alpha value is -2.74. The minimum absolute atomic E-state index is 0.0327. The molecule has 1 aromatic heterocycles. The second-order valence-corrected chi connectivity index (χ2v) is 7.07. The number of hydrogen-bond donors (Lipinski definition) is 2. The van der Waals surface area contributed by atoms with Gasteiger partial charge in [-0.05, 0) is 25.8 Å². The highest BCUT2D eigenvalue weighted by atomic mass is 32.1. The Morgan fingerprint density at radius 1 is 1.19 bits per heavy atom. The molecular weight excluding hydrogens is 366 g/mol. The number of urea groups is 1. The van der Waals surface area contributed by atoms with Crippen molar-refractivity contribution in [3.63, 3.8) is 0 Å². The first-order chi connectivity index (χ1) is 12.9. The van der Waals surface area contributed by atoms with Crippen LogP contribution in [0.1, 0.15) is 32.0 Å². The molecule has 0 aliphatic heterocycles. The summed E-state index contributed by atoms with van der Waals surface area (Å²) in [6.45, 7) is 5.12. The van der Waals surface area contributed by atoms with Crippen LogP contribution in [0.5, 0.6) is 0 Å². The molecule has 144 valence electrons. The normalized spacial score (nSPS) is 10.5. The number of imide groups is 1. The van der Waals surface area contributed by atoms with E-state index in [1.807, 2.05) is 12.1 Å². The van der Waals surface area contributed by atoms with Gasteiger partial charge < -0.3 is 10.1 Å². The van der Waals surface area contributed by atoms with E-state index in [1.54, 1.807) is 19.2 Å². The number of aryl methyl sites for hydroxylation is 1. The van der Waals surface area contributed by atoms with Crippen molar-refractivity contribution >= 4 is 29.2 Å². The quantitative estimate of drug-likeness (QED) is 0.710. The van der Waals surface area contributed by atoms with Crippen molar-refractivity contribution in [3.8, 4) is 10.6 Å². The molecule has 2 N–H and O–H groups in total. The van der Waals surface area contributed by atoms with Gasteiger partial charge in [-0.1, -0.05) is 31.2 Å². The van der Waals surface area contributed by atoms with Crippen LogP contribution in [0.15, 0.2) is 29.6 Å². The average Bonchev–Trinajstić information content (AvgIpc) is 3.07. The topological polar surface area (TPSA) is 97.4 Å². The number of benzene rings is 1. The summed E-state index contributed by atoms with van der Waals surface area (Å²) in [6, 6.07) is 7.40. The first-order valence-electron chi connectivity index (χ1n) is 8.67. The number of thiazole rings is 1. The summed E-state index contributed by atoms with van der Waals surface area (Å²) in [5.74, 6) is -1.26. The fourth-order valence-electron chi connectivity index (χ4n) is 2.21. The Morgan fingerprint density at radius 2 is 1.89 bits per heavy atom. The Bertz CT molecular complexity index is 800. The number of rotatable bonds is 7. The molecule has 3 amide bonds. The van der Waals surface area contributed by atoms with Crippen molar-refractivity contribution in [3.05, 3.63) is 40.9 Å². The largest absolute Gasteiger partial charge is 0.455 e. The number of aromatic nitrogens is 1. The fraction of sp³-hybridized carbons (Fsp3) is 0.368. The SMILES string of the molecule is CCc1ccc(-c2nc(CC(=O)OCC(=O)NC(=O)NC(C)C)cs2)cc1. The van der Waals surface area contributed by atoms with Gasteiger partial charge in [0.25, 0.3) is 5.91 Å². The van der Waals surface area contributed by atoms with E-state index in [4.69, 9.17) is 4.74 Å². The van der Waals surface area contributed by atoms with E-state index in [9.17, 15) is 14.4 Å². The lowest BCUT2D eigenvalue weighted by atomic mass is 10.1. The molecule has 8 heteroatoms. The van der Waals surface area contributed by atoms with E-state index >= 15 is 0 Å². The maximum Gasteiger partial charge on any atom is 0.321 e. The Balaban J connectivity index is 1.81. The van der Waals surface area contributed by atoms with Gasteiger partial charge >= 0.3 is 12.0 Å². The van der Waals surface area contributed by atoms with Crippen molar-refractivity contribution in [2.24, 2.45) is 0 Å². The van der Waals surface area contributed by atoms with E-state index in [-0.39, 0.29) is 12.5 Å². The van der Waals surface area contributed by atoms with Gasteiger partial charge in [0.05, 0.1) is 12.1 Å². The number of ether oxygens (including phenoxy) is 1. The number of nitrogens with zero attached hydrogens (tertiary/aromatic N) is 1. The lowest BCUT2D eigenvalue weighted by Gasteiger charge is -2.09. The fourth-order valence-corrected chi connectivity index (χ4v) is 3.04. The molecular formula is C19H23N3O4S. The van der Waals surface area contributed by atoms with E-state index in [1.165, 1.54) is 16.9 Å². The summed E-state index contributed by atoms with van der Waals surface area (Å²) >= 11 is 1.45. The zero-order valence-corrected chi connectivity index (χ0v) is 16.4. The van der Waals surface area contributed by atoms with Gasteiger partial charge in [-0.2, -0.15) is 0 Å². The van der Waals surface area contributed by atoms with Gasteiger partial charge in [0, 0.05) is 17.0 Å². The molecule has 0 spiro atoms. The van der Waals surface area contributed by atoms with Gasteiger partial charge in [0.15, 0.2) is 6.61 Å². The first-order valence-corrected chi connectivity index (χ1v) is 9.55. The molecule has 1 heterocycles. The number of nitrogens with one attached hydrogen (secondary N) is 2. The van der Waals surface area contributed by atoms with Crippen molar-refractivity contribution in [2.45, 2.75) is 39.7 Å². The minimum atomic E-state index is -0.684. The molecule has 0 radical (unpaired) electrons. The second-order valence-electron chi connectivity index (χ2n) is 6.21. The molecule has 0 unspecified atom stereocenters. The molecule has 0 atom stereocenters. The van der Waals surface area contributed by atoms with E-state index in [0.29, 0.717) is 5.69 Å². The third kappa shape index (κ3) is 6.82. The lowest BCUT2D eigenvalue weighted by Crippen LogP contribution is -2.44. The lowest BCUT2D eigenvalue weighted by molar-refractivity contribution is -0.147. The third-order valence-corrected chi connectivity index (χ3v) is 4.46. The van der Waals surface area contributed by atoms with Crippen molar-refractivity contribution < 1.29 is 19.1 Å². The minimum Gasteiger partial charge on any atom is -0.455 e. The van der Waals surface area contributed by atoms with E-state index in [2.05, 4.69) is 34.7 Å². The smallest absolute Gasteiger partial charge is 0.321 e. The highest BCUT2D eigenvalue weighted by Crippen LogP contribution is 2.24. The number of carbonyl (C=O) groups is 3. The van der Waals surface area contributed by atoms with Crippen LogP contribution in [-0.2, 0) is 27.2 Å². The highest BCUT2D eigenvalue weighted by molar-refractivity contribution is 7.13. The Labute approximate surface area is 162 Å². The van der Waals surface area contributed by atoms with E-state index < -0.39 is 24.5 Å². The molecule has 2 aromatic rings. The monoisotopic (exact) mass is 389 g/mol. The number of hydrogen-bond acceptors (Lipinski definition) is 6. The van der Waals surface area contributed by atoms with Gasteiger partial charge in [-0.25, -0.2) is 9.78 Å². The standard InChI is InChI=1S/C19H23N3O4S/c1-4-13-5-7-14(8-6-13)18-21-15(11-27-18)9-17(24)26-10-16(23)22-19(25)20-12(2)3/h5-8,11-12H,4,9-10H2,1-3H3,(H2,20,22,23,25). The molecule has 0 saturated heterocycles. The third-order valence-electron chi connectivity index (χ3n) is 3.52. The molecule has 1 aromatic carbocycles. The molecule has 7 nitrogen and oxygen atoms in total. The summed E-state index contributed by atoms with van der Waals surface area (Å²) in [7, 11) is 0. The van der Waals surface area contributed by atoms with Crippen LogP contribution < -0.4 is 10.6 Å². The van der Waals surface area contributed by atoms with Crippen molar-refractivity contribution in [2.75, 3.05) is 6.61 Å². The highest BCUT2D eigenvalue weighted by Gasteiger charge is 2.14. The van der Waals surface area contributed by atoms with Crippen LogP contribution >= 0.6 is 11.3 Å². The molecule has 0 bridgehead atoms. The van der Waals surface area contributed by atoms with Crippen LogP contribution in [0.2, 0.25) is 0 Å². The Morgan fingerprint density at radius 3 is 2.52 bits per heavy atom. The van der Waals surface area contributed by atoms with Gasteiger partial charge in [-0.15, -0.1) is 11.3 Å². The van der Waals surface area contributed by atoms with Gasteiger partial charge in [-0.3, -0.25) is 14.9 Å². The van der Waals surface area contributed by atoms with Crippen LogP contribution in [0.4, 0.5) is 4.79 Å². The Kier molecular flexibility index (Phi) is 7.48. The predicted molar refractivity (Wildman–Crippen MR) is 103 cm³/mol.